The molecule has 0 saturated carbocycles. The normalized spacial score (nSPS) is 14.2. The zero-order valence-corrected chi connectivity index (χ0v) is 14.1. The monoisotopic (exact) mass is 342 g/mol. The molecule has 1 N–H and O–H groups in total. The lowest BCUT2D eigenvalue weighted by Gasteiger charge is -2.20. The molecule has 2 rings (SSSR count). The van der Waals surface area contributed by atoms with Crippen LogP contribution >= 0.6 is 11.3 Å². The fourth-order valence-corrected chi connectivity index (χ4v) is 2.99. The molecule has 7 heteroatoms. The zero-order chi connectivity index (χ0) is 17.0. The fourth-order valence-electron chi connectivity index (χ4n) is 2.14. The van der Waals surface area contributed by atoms with Crippen LogP contribution in [0.25, 0.3) is 0 Å². The molecule has 0 aliphatic carbocycles. The van der Waals surface area contributed by atoms with Crippen LogP contribution in [-0.2, 0) is 11.3 Å². The Kier molecular flexibility index (Phi) is 6.17. The van der Waals surface area contributed by atoms with E-state index in [1.807, 2.05) is 24.3 Å². The van der Waals surface area contributed by atoms with E-state index in [1.54, 1.807) is 7.11 Å². The summed E-state index contributed by atoms with van der Waals surface area (Å²) in [6.07, 6.45) is -0.946. The first-order valence-corrected chi connectivity index (χ1v) is 8.07. The van der Waals surface area contributed by atoms with Gasteiger partial charge in [-0.3, -0.25) is 4.90 Å². The molecule has 23 heavy (non-hydrogen) atoms. The second-order valence-corrected chi connectivity index (χ2v) is 6.33. The van der Waals surface area contributed by atoms with E-state index in [9.17, 15) is 13.9 Å². The van der Waals surface area contributed by atoms with Gasteiger partial charge in [0, 0.05) is 25.6 Å². The molecular weight excluding hydrogens is 322 g/mol. The third-order valence-corrected chi connectivity index (χ3v) is 4.57. The number of aliphatic hydroxyl groups excluding tert-OH is 1. The van der Waals surface area contributed by atoms with Crippen LogP contribution in [0.4, 0.5) is 8.78 Å². The maximum absolute atomic E-state index is 13.2. The van der Waals surface area contributed by atoms with Gasteiger partial charge in [0.1, 0.15) is 11.1 Å². The molecule has 1 aromatic heterocycles. The molecule has 0 amide bonds. The number of benzene rings is 1. The summed E-state index contributed by atoms with van der Waals surface area (Å²) in [5.74, 6) is -1.88. The number of halogens is 2. The van der Waals surface area contributed by atoms with E-state index in [0.717, 1.165) is 22.8 Å². The van der Waals surface area contributed by atoms with E-state index >= 15 is 0 Å². The number of nitrogens with zero attached hydrogens (tertiary/aromatic N) is 2. The summed E-state index contributed by atoms with van der Waals surface area (Å²) in [5.41, 5.74) is 1.23. The highest BCUT2D eigenvalue weighted by Crippen LogP contribution is 2.22. The molecule has 0 saturated heterocycles. The van der Waals surface area contributed by atoms with Crippen LogP contribution in [-0.4, -0.2) is 35.7 Å². The van der Waals surface area contributed by atoms with E-state index in [0.29, 0.717) is 12.1 Å². The van der Waals surface area contributed by atoms with Crippen molar-refractivity contribution in [2.75, 3.05) is 20.7 Å². The Morgan fingerprint density at radius 3 is 2.74 bits per heavy atom. The molecule has 1 aromatic carbocycles. The van der Waals surface area contributed by atoms with Gasteiger partial charge >= 0.3 is 0 Å². The lowest BCUT2D eigenvalue weighted by Crippen LogP contribution is -2.24. The van der Waals surface area contributed by atoms with Crippen LogP contribution in [0.2, 0.25) is 0 Å². The first-order chi connectivity index (χ1) is 10.9. The van der Waals surface area contributed by atoms with Gasteiger partial charge in [0.15, 0.2) is 11.6 Å². The lowest BCUT2D eigenvalue weighted by atomic mass is 10.1. The van der Waals surface area contributed by atoms with Crippen molar-refractivity contribution in [3.63, 3.8) is 0 Å². The van der Waals surface area contributed by atoms with Crippen LogP contribution in [0.15, 0.2) is 23.6 Å². The van der Waals surface area contributed by atoms with E-state index in [-0.39, 0.29) is 12.6 Å². The average Bonchev–Trinajstić information content (AvgIpc) is 2.97. The smallest absolute Gasteiger partial charge is 0.159 e. The third kappa shape index (κ3) is 4.78. The Morgan fingerprint density at radius 1 is 1.35 bits per heavy atom. The number of thiazole rings is 1. The molecule has 0 bridgehead atoms. The van der Waals surface area contributed by atoms with Crippen molar-refractivity contribution in [3.05, 3.63) is 51.5 Å². The largest absolute Gasteiger partial charge is 0.387 e. The van der Waals surface area contributed by atoms with Crippen molar-refractivity contribution in [1.82, 2.24) is 9.88 Å². The van der Waals surface area contributed by atoms with Crippen molar-refractivity contribution >= 4 is 11.3 Å². The second kappa shape index (κ2) is 7.92. The number of aliphatic hydroxyl groups is 1. The number of aromatic nitrogens is 1. The van der Waals surface area contributed by atoms with Crippen LogP contribution in [0, 0.1) is 11.6 Å². The van der Waals surface area contributed by atoms with Crippen LogP contribution in [0.3, 0.4) is 0 Å². The maximum atomic E-state index is 13.2. The Hall–Kier alpha value is -1.41. The van der Waals surface area contributed by atoms with Crippen molar-refractivity contribution in [2.24, 2.45) is 0 Å². The van der Waals surface area contributed by atoms with Crippen molar-refractivity contribution in [3.8, 4) is 0 Å². The van der Waals surface area contributed by atoms with Gasteiger partial charge in [-0.1, -0.05) is 6.07 Å². The highest BCUT2D eigenvalue weighted by atomic mass is 32.1. The van der Waals surface area contributed by atoms with Crippen LogP contribution in [0.5, 0.6) is 0 Å². The Balaban J connectivity index is 1.94. The lowest BCUT2D eigenvalue weighted by molar-refractivity contribution is 0.117. The van der Waals surface area contributed by atoms with Gasteiger partial charge in [0.25, 0.3) is 0 Å². The fraction of sp³-hybridized carbons (Fsp3) is 0.438. The number of hydrogen-bond acceptors (Lipinski definition) is 5. The molecule has 0 aliphatic rings. The molecule has 2 unspecified atom stereocenters. The minimum atomic E-state index is -0.957. The average molecular weight is 342 g/mol. The van der Waals surface area contributed by atoms with Crippen LogP contribution < -0.4 is 0 Å². The minimum Gasteiger partial charge on any atom is -0.387 e. The SMILES string of the molecule is COC(C)c1nc(CN(C)CC(O)c2ccc(F)c(F)c2)cs1. The number of rotatable bonds is 7. The summed E-state index contributed by atoms with van der Waals surface area (Å²) >= 11 is 1.53. The van der Waals surface area contributed by atoms with Gasteiger partial charge in [-0.25, -0.2) is 13.8 Å². The molecule has 1 heterocycles. The molecule has 2 atom stereocenters. The first kappa shape index (κ1) is 17.9. The maximum Gasteiger partial charge on any atom is 0.159 e. The Labute approximate surface area is 138 Å². The van der Waals surface area contributed by atoms with E-state index in [4.69, 9.17) is 4.74 Å². The predicted octanol–water partition coefficient (Wildman–Crippen LogP) is 3.29. The van der Waals surface area contributed by atoms with Gasteiger partial charge in [0.05, 0.1) is 11.8 Å². The quantitative estimate of drug-likeness (QED) is 0.839. The summed E-state index contributed by atoms with van der Waals surface area (Å²) in [6, 6.07) is 3.43. The van der Waals surface area contributed by atoms with Crippen LogP contribution in [0.1, 0.15) is 35.4 Å². The molecule has 0 fully saturated rings. The van der Waals surface area contributed by atoms with Gasteiger partial charge in [0.2, 0.25) is 0 Å². The van der Waals surface area contributed by atoms with Crippen molar-refractivity contribution < 1.29 is 18.6 Å². The predicted molar refractivity (Wildman–Crippen MR) is 85.2 cm³/mol. The molecule has 0 aliphatic heterocycles. The Bertz CT molecular complexity index is 651. The van der Waals surface area contributed by atoms with Gasteiger partial charge in [-0.2, -0.15) is 0 Å². The number of likely N-dealkylation sites (N-methyl/N-ethyl adjacent to an activating group) is 1. The highest BCUT2D eigenvalue weighted by molar-refractivity contribution is 7.09. The van der Waals surface area contributed by atoms with E-state index in [2.05, 4.69) is 4.98 Å². The number of ether oxygens (including phenoxy) is 1. The van der Waals surface area contributed by atoms with Crippen molar-refractivity contribution in [1.29, 1.82) is 0 Å². The summed E-state index contributed by atoms with van der Waals surface area (Å²) in [5, 5.41) is 13.0. The summed E-state index contributed by atoms with van der Waals surface area (Å²) in [6.45, 7) is 2.77. The topological polar surface area (TPSA) is 45.6 Å². The van der Waals surface area contributed by atoms with Crippen molar-refractivity contribution in [2.45, 2.75) is 25.7 Å². The standard InChI is InChI=1S/C16H20F2N2O2S/c1-10(22-3)16-19-12(9-23-16)7-20(2)8-15(21)11-4-5-13(17)14(18)6-11/h4-6,9-10,15,21H,7-8H2,1-3H3. The molecular formula is C16H20F2N2O2S. The van der Waals surface area contributed by atoms with Gasteiger partial charge in [-0.15, -0.1) is 11.3 Å². The molecule has 126 valence electrons. The van der Waals surface area contributed by atoms with Gasteiger partial charge < -0.3 is 9.84 Å². The number of hydrogen-bond donors (Lipinski definition) is 1. The third-order valence-electron chi connectivity index (χ3n) is 3.52. The first-order valence-electron chi connectivity index (χ1n) is 7.19. The summed E-state index contributed by atoms with van der Waals surface area (Å²) in [4.78, 5) is 6.36. The molecule has 0 spiro atoms. The minimum absolute atomic E-state index is 0.0492. The highest BCUT2D eigenvalue weighted by Gasteiger charge is 2.15. The Morgan fingerprint density at radius 2 is 2.09 bits per heavy atom. The van der Waals surface area contributed by atoms with E-state index < -0.39 is 17.7 Å². The summed E-state index contributed by atoms with van der Waals surface area (Å²) in [7, 11) is 3.47. The van der Waals surface area contributed by atoms with E-state index in [1.165, 1.54) is 17.4 Å². The summed E-state index contributed by atoms with van der Waals surface area (Å²) < 4.78 is 31.4. The second-order valence-electron chi connectivity index (χ2n) is 5.44. The molecule has 4 nitrogen and oxygen atoms in total. The molecule has 2 aromatic rings. The molecule has 0 radical (unpaired) electrons. The number of methoxy groups -OCH3 is 1. The zero-order valence-electron chi connectivity index (χ0n) is 13.3. The van der Waals surface area contributed by atoms with Gasteiger partial charge in [-0.05, 0) is 31.7 Å².